The number of nitrogens with zero attached hydrogens (tertiary/aromatic N) is 4. The predicted octanol–water partition coefficient (Wildman–Crippen LogP) is 2.52. The highest BCUT2D eigenvalue weighted by Crippen LogP contribution is 2.30. The van der Waals surface area contributed by atoms with Crippen LogP contribution >= 0.6 is 0 Å². The number of carbonyl (C=O) groups is 1. The number of benzene rings is 1. The Bertz CT molecular complexity index is 981. The van der Waals surface area contributed by atoms with Gasteiger partial charge in [0.05, 0.1) is 18.4 Å². The average Bonchev–Trinajstić information content (AvgIpc) is 3.20. The standard InChI is InChI=1S/C17H15N5O3/c1-10-20-21-17(25-10)12-4-5-15(24-3)13(7-12)19-16(23)14-6-11(8-18)9-22(14)2/h4-7,9H,1-3H3,(H,19,23). The second-order valence-corrected chi connectivity index (χ2v) is 5.33. The lowest BCUT2D eigenvalue weighted by atomic mass is 10.1. The highest BCUT2D eigenvalue weighted by molar-refractivity contribution is 6.04. The van der Waals surface area contributed by atoms with Crippen molar-refractivity contribution in [2.75, 3.05) is 12.4 Å². The maximum Gasteiger partial charge on any atom is 0.272 e. The van der Waals surface area contributed by atoms with Gasteiger partial charge in [-0.25, -0.2) is 0 Å². The summed E-state index contributed by atoms with van der Waals surface area (Å²) in [5.41, 5.74) is 1.88. The van der Waals surface area contributed by atoms with Gasteiger partial charge in [-0.3, -0.25) is 4.79 Å². The molecule has 1 aromatic carbocycles. The Kier molecular flexibility index (Phi) is 4.22. The number of methoxy groups -OCH3 is 1. The van der Waals surface area contributed by atoms with Crippen molar-refractivity contribution in [1.29, 1.82) is 5.26 Å². The van der Waals surface area contributed by atoms with Crippen molar-refractivity contribution in [3.8, 4) is 23.3 Å². The quantitative estimate of drug-likeness (QED) is 0.784. The zero-order valence-electron chi connectivity index (χ0n) is 13.9. The van der Waals surface area contributed by atoms with E-state index in [1.54, 1.807) is 42.9 Å². The van der Waals surface area contributed by atoms with E-state index in [-0.39, 0.29) is 5.91 Å². The molecule has 3 rings (SSSR count). The monoisotopic (exact) mass is 337 g/mol. The zero-order chi connectivity index (χ0) is 18.0. The van der Waals surface area contributed by atoms with Gasteiger partial charge in [-0.15, -0.1) is 10.2 Å². The molecule has 0 radical (unpaired) electrons. The summed E-state index contributed by atoms with van der Waals surface area (Å²) in [4.78, 5) is 12.5. The molecule has 0 fully saturated rings. The Morgan fingerprint density at radius 1 is 1.36 bits per heavy atom. The van der Waals surface area contributed by atoms with Crippen LogP contribution < -0.4 is 10.1 Å². The minimum Gasteiger partial charge on any atom is -0.495 e. The fourth-order valence-electron chi connectivity index (χ4n) is 2.39. The Hall–Kier alpha value is -3.60. The predicted molar refractivity (Wildman–Crippen MR) is 89.1 cm³/mol. The highest BCUT2D eigenvalue weighted by atomic mass is 16.5. The first-order chi connectivity index (χ1) is 12.0. The molecular formula is C17H15N5O3. The third kappa shape index (κ3) is 3.21. The summed E-state index contributed by atoms with van der Waals surface area (Å²) < 4.78 is 12.3. The van der Waals surface area contributed by atoms with Crippen molar-refractivity contribution in [3.63, 3.8) is 0 Å². The Labute approximate surface area is 143 Å². The van der Waals surface area contributed by atoms with Crippen LogP contribution in [0.4, 0.5) is 5.69 Å². The number of hydrogen-bond donors (Lipinski definition) is 1. The van der Waals surface area contributed by atoms with Crippen molar-refractivity contribution in [3.05, 3.63) is 47.6 Å². The number of anilines is 1. The van der Waals surface area contributed by atoms with Gasteiger partial charge in [-0.2, -0.15) is 5.26 Å². The molecule has 0 spiro atoms. The molecule has 0 bridgehead atoms. The van der Waals surface area contributed by atoms with Crippen LogP contribution in [0.1, 0.15) is 21.9 Å². The summed E-state index contributed by atoms with van der Waals surface area (Å²) >= 11 is 0. The molecule has 25 heavy (non-hydrogen) atoms. The molecule has 2 aromatic heterocycles. The van der Waals surface area contributed by atoms with E-state index in [1.807, 2.05) is 6.07 Å². The average molecular weight is 337 g/mol. The summed E-state index contributed by atoms with van der Waals surface area (Å²) in [5.74, 6) is 0.926. The molecule has 1 N–H and O–H groups in total. The van der Waals surface area contributed by atoms with Crippen molar-refractivity contribution in [2.45, 2.75) is 6.92 Å². The SMILES string of the molecule is COc1ccc(-c2nnc(C)o2)cc1NC(=O)c1cc(C#N)cn1C. The molecule has 0 unspecified atom stereocenters. The molecule has 3 aromatic rings. The lowest BCUT2D eigenvalue weighted by Crippen LogP contribution is -2.15. The largest absolute Gasteiger partial charge is 0.495 e. The van der Waals surface area contributed by atoms with E-state index in [0.29, 0.717) is 40.0 Å². The minimum atomic E-state index is -0.360. The molecule has 8 heteroatoms. The molecule has 1 amide bonds. The van der Waals surface area contributed by atoms with Gasteiger partial charge in [-0.1, -0.05) is 0 Å². The molecule has 0 aliphatic rings. The van der Waals surface area contributed by atoms with Gasteiger partial charge in [0.1, 0.15) is 17.5 Å². The summed E-state index contributed by atoms with van der Waals surface area (Å²) in [6.07, 6.45) is 1.59. The van der Waals surface area contributed by atoms with Crippen molar-refractivity contribution >= 4 is 11.6 Å². The molecule has 0 saturated heterocycles. The molecule has 0 aliphatic carbocycles. The van der Waals surface area contributed by atoms with Crippen LogP contribution in [0.5, 0.6) is 5.75 Å². The summed E-state index contributed by atoms with van der Waals surface area (Å²) in [6.45, 7) is 1.70. The van der Waals surface area contributed by atoms with E-state index >= 15 is 0 Å². The second-order valence-electron chi connectivity index (χ2n) is 5.33. The Balaban J connectivity index is 1.94. The van der Waals surface area contributed by atoms with Crippen LogP contribution in [0.2, 0.25) is 0 Å². The topological polar surface area (TPSA) is 106 Å². The van der Waals surface area contributed by atoms with Gasteiger partial charge in [0, 0.05) is 25.7 Å². The normalized spacial score (nSPS) is 10.3. The van der Waals surface area contributed by atoms with E-state index in [9.17, 15) is 4.79 Å². The van der Waals surface area contributed by atoms with Crippen LogP contribution in [-0.4, -0.2) is 27.8 Å². The van der Waals surface area contributed by atoms with E-state index in [4.69, 9.17) is 14.4 Å². The van der Waals surface area contributed by atoms with Crippen molar-refractivity contribution in [2.24, 2.45) is 7.05 Å². The van der Waals surface area contributed by atoms with Crippen LogP contribution in [0.15, 0.2) is 34.9 Å². The molecular weight excluding hydrogens is 322 g/mol. The van der Waals surface area contributed by atoms with Crippen LogP contribution in [0, 0.1) is 18.3 Å². The van der Waals surface area contributed by atoms with Crippen LogP contribution in [0.3, 0.4) is 0 Å². The van der Waals surface area contributed by atoms with Crippen molar-refractivity contribution < 1.29 is 13.9 Å². The molecule has 0 saturated carbocycles. The van der Waals surface area contributed by atoms with Crippen molar-refractivity contribution in [1.82, 2.24) is 14.8 Å². The number of aromatic nitrogens is 3. The maximum absolute atomic E-state index is 12.5. The summed E-state index contributed by atoms with van der Waals surface area (Å²) in [5, 5.41) is 19.5. The molecule has 126 valence electrons. The fourth-order valence-corrected chi connectivity index (χ4v) is 2.39. The lowest BCUT2D eigenvalue weighted by Gasteiger charge is -2.11. The van der Waals surface area contributed by atoms with Gasteiger partial charge in [-0.05, 0) is 24.3 Å². The molecule has 0 aliphatic heterocycles. The smallest absolute Gasteiger partial charge is 0.272 e. The van der Waals surface area contributed by atoms with E-state index in [0.717, 1.165) is 0 Å². The maximum atomic E-state index is 12.5. The van der Waals surface area contributed by atoms with Gasteiger partial charge >= 0.3 is 0 Å². The Morgan fingerprint density at radius 2 is 2.16 bits per heavy atom. The second kappa shape index (κ2) is 6.49. The number of ether oxygens (including phenoxy) is 1. The van der Waals surface area contributed by atoms with Gasteiger partial charge in [0.2, 0.25) is 11.8 Å². The van der Waals surface area contributed by atoms with E-state index < -0.39 is 0 Å². The van der Waals surface area contributed by atoms with E-state index in [2.05, 4.69) is 15.5 Å². The van der Waals surface area contributed by atoms with Gasteiger partial charge in [0.15, 0.2) is 0 Å². The van der Waals surface area contributed by atoms with Gasteiger partial charge < -0.3 is 19.0 Å². The Morgan fingerprint density at radius 3 is 2.76 bits per heavy atom. The number of carbonyl (C=O) groups excluding carboxylic acids is 1. The third-order valence-electron chi connectivity index (χ3n) is 3.59. The first-order valence-electron chi connectivity index (χ1n) is 7.38. The lowest BCUT2D eigenvalue weighted by molar-refractivity contribution is 0.101. The molecule has 2 heterocycles. The number of rotatable bonds is 4. The number of nitrogens with one attached hydrogen (secondary N) is 1. The highest BCUT2D eigenvalue weighted by Gasteiger charge is 2.16. The zero-order valence-corrected chi connectivity index (χ0v) is 13.9. The van der Waals surface area contributed by atoms with Crippen LogP contribution in [0.25, 0.3) is 11.5 Å². The summed E-state index contributed by atoms with van der Waals surface area (Å²) in [6, 6.07) is 8.69. The number of nitriles is 1. The first kappa shape index (κ1) is 16.3. The third-order valence-corrected chi connectivity index (χ3v) is 3.59. The molecule has 8 nitrogen and oxygen atoms in total. The number of amides is 1. The first-order valence-corrected chi connectivity index (χ1v) is 7.38. The molecule has 0 atom stereocenters. The fraction of sp³-hybridized carbons (Fsp3) is 0.176. The van der Waals surface area contributed by atoms with E-state index in [1.165, 1.54) is 13.2 Å². The van der Waals surface area contributed by atoms with Gasteiger partial charge in [0.25, 0.3) is 5.91 Å². The number of hydrogen-bond acceptors (Lipinski definition) is 6. The summed E-state index contributed by atoms with van der Waals surface area (Å²) in [7, 11) is 3.21. The number of aryl methyl sites for hydroxylation is 2. The minimum absolute atomic E-state index is 0.348. The van der Waals surface area contributed by atoms with Crippen LogP contribution in [-0.2, 0) is 7.05 Å².